The molecule has 2 heterocycles. The zero-order chi connectivity index (χ0) is 22.1. The molecule has 0 spiro atoms. The van der Waals surface area contributed by atoms with E-state index in [-0.39, 0.29) is 0 Å². The van der Waals surface area contributed by atoms with Crippen LogP contribution in [-0.4, -0.2) is 32.1 Å². The summed E-state index contributed by atoms with van der Waals surface area (Å²) in [7, 11) is 0.535. The van der Waals surface area contributed by atoms with Gasteiger partial charge in [-0.25, -0.2) is 4.98 Å². The Balaban J connectivity index is 1.74. The van der Waals surface area contributed by atoms with Crippen molar-refractivity contribution in [3.05, 3.63) is 91.5 Å². The standard InChI is InChI=1S/C26H21N3O2S/c1-31-22-10-9-19-15-21(8-7-20(19)16-22)25-26(18-11-13-27-14-12-18)29(17-28-25)23-5-3-4-6-24(23)32(2)30/h3-17H,1-2H3. The van der Waals surface area contributed by atoms with Crippen LogP contribution in [-0.2, 0) is 10.8 Å². The number of fused-ring (bicyclic) bond motifs is 1. The van der Waals surface area contributed by atoms with Crippen LogP contribution in [0.3, 0.4) is 0 Å². The van der Waals surface area contributed by atoms with Gasteiger partial charge in [-0.3, -0.25) is 13.8 Å². The summed E-state index contributed by atoms with van der Waals surface area (Å²) in [5.41, 5.74) is 4.62. The van der Waals surface area contributed by atoms with Gasteiger partial charge in [-0.15, -0.1) is 0 Å². The minimum absolute atomic E-state index is 0.761. The van der Waals surface area contributed by atoms with Gasteiger partial charge in [-0.1, -0.05) is 30.3 Å². The van der Waals surface area contributed by atoms with Gasteiger partial charge >= 0.3 is 0 Å². The van der Waals surface area contributed by atoms with Gasteiger partial charge in [-0.05, 0) is 53.2 Å². The second kappa shape index (κ2) is 8.40. The summed E-state index contributed by atoms with van der Waals surface area (Å²) in [6, 6.07) is 24.0. The van der Waals surface area contributed by atoms with Crippen molar-refractivity contribution in [1.82, 2.24) is 14.5 Å². The molecule has 1 atom stereocenters. The predicted molar refractivity (Wildman–Crippen MR) is 129 cm³/mol. The number of hydrogen-bond donors (Lipinski definition) is 0. The number of aromatic nitrogens is 3. The minimum Gasteiger partial charge on any atom is -0.497 e. The zero-order valence-electron chi connectivity index (χ0n) is 17.7. The third-order valence-electron chi connectivity index (χ3n) is 5.48. The quantitative estimate of drug-likeness (QED) is 0.363. The van der Waals surface area contributed by atoms with Crippen LogP contribution in [0, 0.1) is 0 Å². The van der Waals surface area contributed by atoms with Crippen LogP contribution in [0.5, 0.6) is 5.75 Å². The second-order valence-electron chi connectivity index (χ2n) is 7.40. The SMILES string of the molecule is COc1ccc2cc(-c3ncn(-c4ccccc4S(C)=O)c3-c3ccncc3)ccc2c1. The Morgan fingerprint density at radius 1 is 0.875 bits per heavy atom. The molecular weight excluding hydrogens is 418 g/mol. The van der Waals surface area contributed by atoms with Crippen molar-refractivity contribution in [2.45, 2.75) is 4.90 Å². The Labute approximate surface area is 188 Å². The molecule has 6 heteroatoms. The first-order chi connectivity index (χ1) is 15.7. The minimum atomic E-state index is -1.14. The average molecular weight is 440 g/mol. The van der Waals surface area contributed by atoms with Gasteiger partial charge in [0.15, 0.2) is 0 Å². The van der Waals surface area contributed by atoms with Gasteiger partial charge in [0.1, 0.15) is 12.1 Å². The van der Waals surface area contributed by atoms with E-state index < -0.39 is 10.8 Å². The first-order valence-electron chi connectivity index (χ1n) is 10.1. The molecule has 0 bridgehead atoms. The van der Waals surface area contributed by atoms with Crippen molar-refractivity contribution in [2.24, 2.45) is 0 Å². The molecule has 0 aliphatic rings. The number of pyridine rings is 1. The highest BCUT2D eigenvalue weighted by Crippen LogP contribution is 2.36. The third-order valence-corrected chi connectivity index (χ3v) is 6.44. The maximum Gasteiger partial charge on any atom is 0.119 e. The maximum absolute atomic E-state index is 12.4. The highest BCUT2D eigenvalue weighted by molar-refractivity contribution is 7.84. The number of hydrogen-bond acceptors (Lipinski definition) is 4. The summed E-state index contributed by atoms with van der Waals surface area (Å²) in [6.45, 7) is 0. The van der Waals surface area contributed by atoms with E-state index in [0.29, 0.717) is 0 Å². The molecule has 5 rings (SSSR count). The van der Waals surface area contributed by atoms with Crippen molar-refractivity contribution >= 4 is 21.6 Å². The lowest BCUT2D eigenvalue weighted by atomic mass is 10.0. The fraction of sp³-hybridized carbons (Fsp3) is 0.0769. The van der Waals surface area contributed by atoms with Crippen molar-refractivity contribution in [3.8, 4) is 34.0 Å². The van der Waals surface area contributed by atoms with Crippen LogP contribution < -0.4 is 4.74 Å². The van der Waals surface area contributed by atoms with E-state index in [9.17, 15) is 4.21 Å². The van der Waals surface area contributed by atoms with Crippen LogP contribution in [0.15, 0.2) is 96.4 Å². The smallest absolute Gasteiger partial charge is 0.119 e. The summed E-state index contributed by atoms with van der Waals surface area (Å²) in [4.78, 5) is 9.73. The molecule has 0 N–H and O–H groups in total. The Hall–Kier alpha value is -3.77. The number of rotatable bonds is 5. The van der Waals surface area contributed by atoms with Gasteiger partial charge in [-0.2, -0.15) is 0 Å². The van der Waals surface area contributed by atoms with Gasteiger partial charge in [0, 0.05) is 29.8 Å². The van der Waals surface area contributed by atoms with Crippen LogP contribution in [0.2, 0.25) is 0 Å². The average Bonchev–Trinajstić information content (AvgIpc) is 3.29. The van der Waals surface area contributed by atoms with Crippen LogP contribution in [0.25, 0.3) is 39.0 Å². The van der Waals surface area contributed by atoms with Crippen molar-refractivity contribution in [2.75, 3.05) is 13.4 Å². The number of para-hydroxylation sites is 1. The van der Waals surface area contributed by atoms with E-state index >= 15 is 0 Å². The van der Waals surface area contributed by atoms with Crippen LogP contribution in [0.1, 0.15) is 0 Å². The fourth-order valence-electron chi connectivity index (χ4n) is 3.93. The predicted octanol–water partition coefficient (Wildman–Crippen LogP) is 5.50. The summed E-state index contributed by atoms with van der Waals surface area (Å²) < 4.78 is 19.8. The van der Waals surface area contributed by atoms with Crippen molar-refractivity contribution in [3.63, 3.8) is 0 Å². The summed E-state index contributed by atoms with van der Waals surface area (Å²) >= 11 is 0. The topological polar surface area (TPSA) is 57.0 Å². The molecule has 0 aliphatic carbocycles. The summed E-state index contributed by atoms with van der Waals surface area (Å²) in [5, 5.41) is 2.21. The third kappa shape index (κ3) is 3.59. The Kier molecular flexibility index (Phi) is 5.29. The molecule has 0 aliphatic heterocycles. The molecule has 0 saturated carbocycles. The molecule has 3 aromatic carbocycles. The number of ether oxygens (including phenoxy) is 1. The van der Waals surface area contributed by atoms with E-state index in [2.05, 4.69) is 29.2 Å². The number of methoxy groups -OCH3 is 1. The van der Waals surface area contributed by atoms with Crippen molar-refractivity contribution in [1.29, 1.82) is 0 Å². The molecule has 0 saturated heterocycles. The van der Waals surface area contributed by atoms with Gasteiger partial charge < -0.3 is 4.74 Å². The summed E-state index contributed by atoms with van der Waals surface area (Å²) in [5.74, 6) is 0.830. The molecule has 0 fully saturated rings. The molecule has 0 radical (unpaired) electrons. The number of imidazole rings is 1. The summed E-state index contributed by atoms with van der Waals surface area (Å²) in [6.07, 6.45) is 7.04. The monoisotopic (exact) mass is 439 g/mol. The second-order valence-corrected chi connectivity index (χ2v) is 8.75. The van der Waals surface area contributed by atoms with Gasteiger partial charge in [0.05, 0.1) is 39.9 Å². The molecular formula is C26H21N3O2S. The number of nitrogens with zero attached hydrogens (tertiary/aromatic N) is 3. The Bertz CT molecular complexity index is 1440. The van der Waals surface area contributed by atoms with E-state index in [1.54, 1.807) is 32.1 Å². The molecule has 2 aromatic heterocycles. The molecule has 5 aromatic rings. The van der Waals surface area contributed by atoms with E-state index in [4.69, 9.17) is 9.72 Å². The normalized spacial score (nSPS) is 12.1. The highest BCUT2D eigenvalue weighted by Gasteiger charge is 2.19. The largest absolute Gasteiger partial charge is 0.497 e. The van der Waals surface area contributed by atoms with Crippen LogP contribution in [0.4, 0.5) is 0 Å². The molecule has 0 amide bonds. The molecule has 5 nitrogen and oxygen atoms in total. The van der Waals surface area contributed by atoms with Crippen LogP contribution >= 0.6 is 0 Å². The number of benzene rings is 3. The first kappa shape index (κ1) is 20.2. The maximum atomic E-state index is 12.4. The van der Waals surface area contributed by atoms with E-state index in [0.717, 1.165) is 49.6 Å². The van der Waals surface area contributed by atoms with Crippen molar-refractivity contribution < 1.29 is 8.95 Å². The Morgan fingerprint density at radius 3 is 2.41 bits per heavy atom. The zero-order valence-corrected chi connectivity index (χ0v) is 18.5. The fourth-order valence-corrected chi connectivity index (χ4v) is 4.66. The molecule has 1 unspecified atom stereocenters. The van der Waals surface area contributed by atoms with E-state index in [1.807, 2.05) is 53.1 Å². The Morgan fingerprint density at radius 2 is 1.62 bits per heavy atom. The van der Waals surface area contributed by atoms with Gasteiger partial charge in [0.25, 0.3) is 0 Å². The molecule has 158 valence electrons. The molecule has 32 heavy (non-hydrogen) atoms. The lowest BCUT2D eigenvalue weighted by molar-refractivity contribution is 0.415. The lowest BCUT2D eigenvalue weighted by Crippen LogP contribution is -2.02. The van der Waals surface area contributed by atoms with E-state index in [1.165, 1.54) is 0 Å². The highest BCUT2D eigenvalue weighted by atomic mass is 32.2. The lowest BCUT2D eigenvalue weighted by Gasteiger charge is -2.14. The van der Waals surface area contributed by atoms with Gasteiger partial charge in [0.2, 0.25) is 0 Å². The first-order valence-corrected chi connectivity index (χ1v) is 11.7.